The molecule has 0 saturated heterocycles. The van der Waals surface area contributed by atoms with Crippen molar-refractivity contribution in [2.75, 3.05) is 20.3 Å². The summed E-state index contributed by atoms with van der Waals surface area (Å²) in [6.45, 7) is 4.11. The van der Waals surface area contributed by atoms with Gasteiger partial charge in [0.05, 0.1) is 24.8 Å². The first-order chi connectivity index (χ1) is 18.0. The number of hydrogen-bond donors (Lipinski definition) is 1. The number of carbonyl (C=O) groups is 1. The zero-order chi connectivity index (χ0) is 26.0. The van der Waals surface area contributed by atoms with Crippen molar-refractivity contribution in [1.82, 2.24) is 14.9 Å². The summed E-state index contributed by atoms with van der Waals surface area (Å²) in [5.74, 6) is 2.63. The fraction of sp³-hybridized carbons (Fsp3) is 0.333. The minimum absolute atomic E-state index is 0.0552. The number of ether oxygens (including phenoxy) is 2. The molecule has 1 heterocycles. The molecule has 0 radical (unpaired) electrons. The molecule has 194 valence electrons. The molecule has 0 atom stereocenters. The lowest BCUT2D eigenvalue weighted by Gasteiger charge is -2.11. The predicted molar refractivity (Wildman–Crippen MR) is 149 cm³/mol. The van der Waals surface area contributed by atoms with Crippen LogP contribution in [0.1, 0.15) is 47.4 Å². The van der Waals surface area contributed by atoms with E-state index in [1.165, 1.54) is 0 Å². The Labute approximate surface area is 223 Å². The van der Waals surface area contributed by atoms with Gasteiger partial charge in [0.25, 0.3) is 5.91 Å². The monoisotopic (exact) mass is 519 g/mol. The molecule has 6 nitrogen and oxygen atoms in total. The van der Waals surface area contributed by atoms with Gasteiger partial charge in [-0.3, -0.25) is 4.79 Å². The molecule has 0 bridgehead atoms. The van der Waals surface area contributed by atoms with E-state index in [4.69, 9.17) is 26.1 Å². The van der Waals surface area contributed by atoms with Gasteiger partial charge in [-0.05, 0) is 86.3 Å². The van der Waals surface area contributed by atoms with E-state index < -0.39 is 0 Å². The van der Waals surface area contributed by atoms with Crippen LogP contribution in [0.3, 0.4) is 0 Å². The van der Waals surface area contributed by atoms with E-state index in [9.17, 15) is 4.79 Å². The maximum atomic E-state index is 12.3. The maximum Gasteiger partial charge on any atom is 0.251 e. The van der Waals surface area contributed by atoms with Gasteiger partial charge in [0.15, 0.2) is 0 Å². The topological polar surface area (TPSA) is 65.4 Å². The Bertz CT molecular complexity index is 1320. The molecule has 1 N–H and O–H groups in total. The van der Waals surface area contributed by atoms with E-state index in [1.807, 2.05) is 31.2 Å². The minimum atomic E-state index is -0.0552. The molecule has 0 saturated carbocycles. The van der Waals surface area contributed by atoms with Crippen LogP contribution in [0.2, 0.25) is 5.02 Å². The van der Waals surface area contributed by atoms with Gasteiger partial charge < -0.3 is 19.4 Å². The lowest BCUT2D eigenvalue weighted by atomic mass is 10.1. The van der Waals surface area contributed by atoms with Crippen LogP contribution in [0.5, 0.6) is 11.5 Å². The summed E-state index contributed by atoms with van der Waals surface area (Å²) in [5.41, 5.74) is 3.84. The molecule has 0 spiro atoms. The van der Waals surface area contributed by atoms with Crippen LogP contribution < -0.4 is 14.8 Å². The molecular formula is C30H34ClN3O3. The summed E-state index contributed by atoms with van der Waals surface area (Å²) in [6.07, 6.45) is 4.74. The minimum Gasteiger partial charge on any atom is -0.497 e. The van der Waals surface area contributed by atoms with Gasteiger partial charge in [0.1, 0.15) is 17.3 Å². The van der Waals surface area contributed by atoms with Crippen molar-refractivity contribution in [2.24, 2.45) is 0 Å². The first kappa shape index (κ1) is 26.6. The maximum absolute atomic E-state index is 12.3. The number of hydrogen-bond acceptors (Lipinski definition) is 4. The van der Waals surface area contributed by atoms with Crippen LogP contribution in [0.25, 0.3) is 11.0 Å². The average Bonchev–Trinajstić information content (AvgIpc) is 3.27. The number of fused-ring (bicyclic) bond motifs is 1. The molecule has 7 heteroatoms. The third-order valence-electron chi connectivity index (χ3n) is 6.37. The molecule has 0 aliphatic heterocycles. The number of imidazole rings is 1. The van der Waals surface area contributed by atoms with Crippen molar-refractivity contribution in [2.45, 2.75) is 45.6 Å². The van der Waals surface area contributed by atoms with E-state index in [0.717, 1.165) is 77.6 Å². The van der Waals surface area contributed by atoms with E-state index >= 15 is 0 Å². The highest BCUT2D eigenvalue weighted by Gasteiger charge is 2.11. The number of nitrogens with zero attached hydrogens (tertiary/aromatic N) is 2. The molecule has 1 amide bonds. The number of unbranched alkanes of at least 4 members (excludes halogenated alkanes) is 2. The van der Waals surface area contributed by atoms with Crippen molar-refractivity contribution in [1.29, 1.82) is 0 Å². The number of nitrogens with one attached hydrogen (secondary N) is 1. The van der Waals surface area contributed by atoms with Crippen LogP contribution in [0, 0.1) is 6.92 Å². The SMILES string of the molecule is COc1ccc(C(=O)NCCCCCc2nc3ccccc3n2CCCOc2ccc(Cl)c(C)c2)cc1. The number of aromatic nitrogens is 2. The summed E-state index contributed by atoms with van der Waals surface area (Å²) in [6, 6.07) is 21.2. The van der Waals surface area contributed by atoms with Crippen molar-refractivity contribution in [3.05, 3.63) is 88.7 Å². The second-order valence-electron chi connectivity index (χ2n) is 9.08. The molecule has 4 aromatic rings. The van der Waals surface area contributed by atoms with Gasteiger partial charge in [0.2, 0.25) is 0 Å². The standard InChI is InChI=1S/C30H34ClN3O3/c1-22-21-25(16-17-26(22)31)37-20-8-19-34-28-10-6-5-9-27(28)33-29(34)11-4-3-7-18-32-30(35)23-12-14-24(36-2)15-13-23/h5-6,9-10,12-17,21H,3-4,7-8,11,18-20H2,1-2H3,(H,32,35). The number of rotatable bonds is 13. The van der Waals surface area contributed by atoms with Gasteiger partial charge in [0, 0.05) is 30.1 Å². The highest BCUT2D eigenvalue weighted by molar-refractivity contribution is 6.31. The summed E-state index contributed by atoms with van der Waals surface area (Å²) < 4.78 is 13.4. The first-order valence-electron chi connectivity index (χ1n) is 12.8. The van der Waals surface area contributed by atoms with Crippen LogP contribution in [0.4, 0.5) is 0 Å². The normalized spacial score (nSPS) is 11.0. The highest BCUT2D eigenvalue weighted by Crippen LogP contribution is 2.22. The zero-order valence-corrected chi connectivity index (χ0v) is 22.3. The molecule has 0 aliphatic rings. The Kier molecular flexibility index (Phi) is 9.44. The third-order valence-corrected chi connectivity index (χ3v) is 6.80. The van der Waals surface area contributed by atoms with E-state index in [-0.39, 0.29) is 5.91 Å². The van der Waals surface area contributed by atoms with Gasteiger partial charge in [-0.2, -0.15) is 0 Å². The molecule has 0 unspecified atom stereocenters. The quantitative estimate of drug-likeness (QED) is 0.202. The largest absolute Gasteiger partial charge is 0.497 e. The Morgan fingerprint density at radius 1 is 0.973 bits per heavy atom. The van der Waals surface area contributed by atoms with Crippen LogP contribution in [-0.4, -0.2) is 35.7 Å². The van der Waals surface area contributed by atoms with Gasteiger partial charge in [-0.25, -0.2) is 4.98 Å². The summed E-state index contributed by atoms with van der Waals surface area (Å²) in [7, 11) is 1.61. The molecule has 3 aromatic carbocycles. The lowest BCUT2D eigenvalue weighted by Crippen LogP contribution is -2.24. The van der Waals surface area contributed by atoms with Crippen LogP contribution in [0.15, 0.2) is 66.7 Å². The Morgan fingerprint density at radius 3 is 2.54 bits per heavy atom. The summed E-state index contributed by atoms with van der Waals surface area (Å²) in [5, 5.41) is 3.75. The van der Waals surface area contributed by atoms with Crippen molar-refractivity contribution in [3.63, 3.8) is 0 Å². The number of halogens is 1. The molecule has 37 heavy (non-hydrogen) atoms. The fourth-order valence-corrected chi connectivity index (χ4v) is 4.43. The molecular weight excluding hydrogens is 486 g/mol. The van der Waals surface area contributed by atoms with Gasteiger partial charge in [-0.1, -0.05) is 30.2 Å². The van der Waals surface area contributed by atoms with Crippen molar-refractivity contribution in [3.8, 4) is 11.5 Å². The van der Waals surface area contributed by atoms with E-state index in [1.54, 1.807) is 31.4 Å². The number of amides is 1. The number of methoxy groups -OCH3 is 1. The number of aryl methyl sites for hydroxylation is 3. The van der Waals surface area contributed by atoms with Gasteiger partial charge >= 0.3 is 0 Å². The Morgan fingerprint density at radius 2 is 1.76 bits per heavy atom. The number of benzene rings is 3. The highest BCUT2D eigenvalue weighted by atomic mass is 35.5. The second kappa shape index (κ2) is 13.2. The zero-order valence-electron chi connectivity index (χ0n) is 21.5. The average molecular weight is 520 g/mol. The van der Waals surface area contributed by atoms with Crippen molar-refractivity contribution < 1.29 is 14.3 Å². The Balaban J connectivity index is 1.23. The number of carbonyl (C=O) groups excluding carboxylic acids is 1. The second-order valence-corrected chi connectivity index (χ2v) is 9.48. The first-order valence-corrected chi connectivity index (χ1v) is 13.2. The van der Waals surface area contributed by atoms with E-state index in [0.29, 0.717) is 18.7 Å². The molecule has 1 aromatic heterocycles. The third kappa shape index (κ3) is 7.26. The summed E-state index contributed by atoms with van der Waals surface area (Å²) >= 11 is 6.11. The number of para-hydroxylation sites is 2. The molecule has 0 aliphatic carbocycles. The smallest absolute Gasteiger partial charge is 0.251 e. The molecule has 4 rings (SSSR count). The van der Waals surface area contributed by atoms with Crippen LogP contribution >= 0.6 is 11.6 Å². The van der Waals surface area contributed by atoms with Crippen molar-refractivity contribution >= 4 is 28.5 Å². The van der Waals surface area contributed by atoms with E-state index in [2.05, 4.69) is 28.1 Å². The van der Waals surface area contributed by atoms with Gasteiger partial charge in [-0.15, -0.1) is 0 Å². The molecule has 0 fully saturated rings. The fourth-order valence-electron chi connectivity index (χ4n) is 4.32. The predicted octanol–water partition coefficient (Wildman–Crippen LogP) is 6.62. The van der Waals surface area contributed by atoms with Crippen LogP contribution in [-0.2, 0) is 13.0 Å². The summed E-state index contributed by atoms with van der Waals surface area (Å²) in [4.78, 5) is 17.2. The Hall–Kier alpha value is -3.51. The lowest BCUT2D eigenvalue weighted by molar-refractivity contribution is 0.0953.